The van der Waals surface area contributed by atoms with Gasteiger partial charge in [-0.3, -0.25) is 9.59 Å². The predicted octanol–water partition coefficient (Wildman–Crippen LogP) is 4.19. The number of anilines is 2. The van der Waals surface area contributed by atoms with Gasteiger partial charge in [-0.25, -0.2) is 15.0 Å². The third-order valence-electron chi connectivity index (χ3n) is 6.37. The summed E-state index contributed by atoms with van der Waals surface area (Å²) in [6.07, 6.45) is 9.00. The van der Waals surface area contributed by atoms with Crippen LogP contribution in [0, 0.1) is 13.8 Å². The fraction of sp³-hybridized carbons (Fsp3) is 0.609. The minimum atomic E-state index is -0.411. The van der Waals surface area contributed by atoms with Crippen molar-refractivity contribution in [3.63, 3.8) is 0 Å². The van der Waals surface area contributed by atoms with E-state index in [4.69, 9.17) is 0 Å². The van der Waals surface area contributed by atoms with Gasteiger partial charge in [0.25, 0.3) is 0 Å². The summed E-state index contributed by atoms with van der Waals surface area (Å²) < 4.78 is 0. The summed E-state index contributed by atoms with van der Waals surface area (Å²) in [7, 11) is 0. The van der Waals surface area contributed by atoms with Crippen LogP contribution in [-0.4, -0.2) is 43.7 Å². The number of aryl methyl sites for hydroxylation is 2. The Balaban J connectivity index is 1.52. The van der Waals surface area contributed by atoms with Crippen LogP contribution in [0.4, 0.5) is 10.9 Å². The highest BCUT2D eigenvalue weighted by Crippen LogP contribution is 2.36. The fourth-order valence-electron chi connectivity index (χ4n) is 5.06. The highest BCUT2D eigenvalue weighted by molar-refractivity contribution is 7.15. The molecule has 0 spiro atoms. The van der Waals surface area contributed by atoms with E-state index in [1.165, 1.54) is 0 Å². The minimum absolute atomic E-state index is 0.0581. The summed E-state index contributed by atoms with van der Waals surface area (Å²) in [5, 5.41) is 7.19. The SMILES string of the molecule is CC(=O)NC1(CC(=O)N2CCCC2c2cc(Nc3ncc(C)s3)nc(C)n2)CCCCC1. The zero-order valence-corrected chi connectivity index (χ0v) is 19.9. The molecule has 1 atom stereocenters. The topological polar surface area (TPSA) is 100 Å². The smallest absolute Gasteiger partial charge is 0.225 e. The molecule has 2 aliphatic rings. The van der Waals surface area contributed by atoms with Crippen LogP contribution in [0.1, 0.15) is 80.7 Å². The zero-order chi connectivity index (χ0) is 22.7. The Hall–Kier alpha value is -2.55. The molecule has 2 aromatic heterocycles. The number of aromatic nitrogens is 3. The van der Waals surface area contributed by atoms with Crippen molar-refractivity contribution >= 4 is 34.1 Å². The van der Waals surface area contributed by atoms with Crippen LogP contribution in [0.3, 0.4) is 0 Å². The Bertz CT molecular complexity index is 985. The Labute approximate surface area is 193 Å². The van der Waals surface area contributed by atoms with Crippen molar-refractivity contribution in [1.82, 2.24) is 25.2 Å². The molecule has 0 radical (unpaired) electrons. The molecule has 2 aromatic rings. The zero-order valence-electron chi connectivity index (χ0n) is 19.1. The lowest BCUT2D eigenvalue weighted by Gasteiger charge is -2.39. The van der Waals surface area contributed by atoms with Crippen molar-refractivity contribution in [2.75, 3.05) is 11.9 Å². The van der Waals surface area contributed by atoms with E-state index >= 15 is 0 Å². The molecule has 3 heterocycles. The first-order valence-corrected chi connectivity index (χ1v) is 12.3. The van der Waals surface area contributed by atoms with E-state index < -0.39 is 5.54 Å². The minimum Gasteiger partial charge on any atom is -0.350 e. The van der Waals surface area contributed by atoms with Crippen LogP contribution < -0.4 is 10.6 Å². The Morgan fingerprint density at radius 1 is 1.19 bits per heavy atom. The molecule has 4 rings (SSSR count). The van der Waals surface area contributed by atoms with Crippen molar-refractivity contribution in [1.29, 1.82) is 0 Å². The number of likely N-dealkylation sites (tertiary alicyclic amines) is 1. The standard InChI is InChI=1S/C23H32N6O2S/c1-15-14-24-22(32-15)27-20-12-18(25-16(2)26-20)19-8-7-11-29(19)21(31)13-23(28-17(3)30)9-5-4-6-10-23/h12,14,19H,4-11,13H2,1-3H3,(H,28,30)(H,24,25,26,27). The van der Waals surface area contributed by atoms with Crippen LogP contribution in [0.15, 0.2) is 12.3 Å². The van der Waals surface area contributed by atoms with Gasteiger partial charge < -0.3 is 15.5 Å². The van der Waals surface area contributed by atoms with E-state index in [9.17, 15) is 9.59 Å². The number of thiazole rings is 1. The maximum Gasteiger partial charge on any atom is 0.225 e. The Morgan fingerprint density at radius 3 is 2.66 bits per heavy atom. The lowest BCUT2D eigenvalue weighted by atomic mass is 9.78. The molecule has 0 aromatic carbocycles. The maximum atomic E-state index is 13.5. The number of carbonyl (C=O) groups excluding carboxylic acids is 2. The molecule has 32 heavy (non-hydrogen) atoms. The monoisotopic (exact) mass is 456 g/mol. The quantitative estimate of drug-likeness (QED) is 0.676. The molecular weight excluding hydrogens is 424 g/mol. The molecule has 2 amide bonds. The van der Waals surface area contributed by atoms with Gasteiger partial charge in [0.2, 0.25) is 11.8 Å². The molecule has 1 aliphatic carbocycles. The lowest BCUT2D eigenvalue weighted by Crippen LogP contribution is -2.52. The normalized spacial score (nSPS) is 20.2. The summed E-state index contributed by atoms with van der Waals surface area (Å²) in [5.41, 5.74) is 0.446. The third-order valence-corrected chi connectivity index (χ3v) is 7.20. The predicted molar refractivity (Wildman–Crippen MR) is 125 cm³/mol. The number of carbonyl (C=O) groups is 2. The number of amides is 2. The van der Waals surface area contributed by atoms with Gasteiger partial charge in [-0.2, -0.15) is 0 Å². The fourth-order valence-corrected chi connectivity index (χ4v) is 5.73. The summed E-state index contributed by atoms with van der Waals surface area (Å²) >= 11 is 1.57. The third kappa shape index (κ3) is 5.26. The highest BCUT2D eigenvalue weighted by Gasteiger charge is 2.39. The molecule has 2 fully saturated rings. The van der Waals surface area contributed by atoms with Crippen LogP contribution in [-0.2, 0) is 9.59 Å². The van der Waals surface area contributed by atoms with E-state index in [-0.39, 0.29) is 17.9 Å². The van der Waals surface area contributed by atoms with Gasteiger partial charge in [-0.05, 0) is 39.5 Å². The summed E-state index contributed by atoms with van der Waals surface area (Å²) in [6, 6.07) is 1.87. The number of rotatable bonds is 6. The second kappa shape index (κ2) is 9.52. The van der Waals surface area contributed by atoms with Gasteiger partial charge in [-0.15, -0.1) is 11.3 Å². The average Bonchev–Trinajstić information content (AvgIpc) is 3.36. The molecule has 0 bridgehead atoms. The van der Waals surface area contributed by atoms with Gasteiger partial charge >= 0.3 is 0 Å². The number of nitrogens with zero attached hydrogens (tertiary/aromatic N) is 4. The molecule has 1 saturated heterocycles. The first-order chi connectivity index (χ1) is 15.3. The second-order valence-corrected chi connectivity index (χ2v) is 10.3. The van der Waals surface area contributed by atoms with Crippen molar-refractivity contribution in [3.8, 4) is 0 Å². The number of nitrogens with one attached hydrogen (secondary N) is 2. The largest absolute Gasteiger partial charge is 0.350 e. The number of hydrogen-bond acceptors (Lipinski definition) is 7. The Morgan fingerprint density at radius 2 is 1.97 bits per heavy atom. The first kappa shape index (κ1) is 22.6. The Kier molecular flexibility index (Phi) is 6.74. The molecule has 1 aliphatic heterocycles. The van der Waals surface area contributed by atoms with Gasteiger partial charge in [-0.1, -0.05) is 19.3 Å². The maximum absolute atomic E-state index is 13.5. The van der Waals surface area contributed by atoms with Crippen LogP contribution in [0.25, 0.3) is 0 Å². The van der Waals surface area contributed by atoms with Gasteiger partial charge in [0.1, 0.15) is 11.6 Å². The van der Waals surface area contributed by atoms with Crippen LogP contribution in [0.2, 0.25) is 0 Å². The van der Waals surface area contributed by atoms with Crippen LogP contribution >= 0.6 is 11.3 Å². The molecular formula is C23H32N6O2S. The first-order valence-electron chi connectivity index (χ1n) is 11.5. The van der Waals surface area contributed by atoms with Crippen molar-refractivity contribution < 1.29 is 9.59 Å². The molecule has 9 heteroatoms. The highest BCUT2D eigenvalue weighted by atomic mass is 32.1. The molecule has 1 saturated carbocycles. The second-order valence-electron chi connectivity index (χ2n) is 9.07. The van der Waals surface area contributed by atoms with Gasteiger partial charge in [0, 0.05) is 42.6 Å². The summed E-state index contributed by atoms with van der Waals surface area (Å²) in [4.78, 5) is 41.9. The van der Waals surface area contributed by atoms with E-state index in [1.807, 2.05) is 31.0 Å². The molecule has 172 valence electrons. The lowest BCUT2D eigenvalue weighted by molar-refractivity contribution is -0.135. The van der Waals surface area contributed by atoms with Crippen LogP contribution in [0.5, 0.6) is 0 Å². The van der Waals surface area contributed by atoms with Crippen molar-refractivity contribution in [2.45, 2.75) is 83.7 Å². The van der Waals surface area contributed by atoms with Gasteiger partial charge in [0.15, 0.2) is 5.13 Å². The van der Waals surface area contributed by atoms with Gasteiger partial charge in [0.05, 0.1) is 11.7 Å². The molecule has 2 N–H and O–H groups in total. The van der Waals surface area contributed by atoms with E-state index in [0.29, 0.717) is 18.1 Å². The summed E-state index contributed by atoms with van der Waals surface area (Å²) in [5.74, 6) is 1.41. The van der Waals surface area contributed by atoms with Crippen molar-refractivity contribution in [2.24, 2.45) is 0 Å². The van der Waals surface area contributed by atoms with E-state index in [0.717, 1.165) is 67.2 Å². The van der Waals surface area contributed by atoms with E-state index in [1.54, 1.807) is 18.3 Å². The molecule has 8 nitrogen and oxygen atoms in total. The number of hydrogen-bond donors (Lipinski definition) is 2. The molecule has 1 unspecified atom stereocenters. The van der Waals surface area contributed by atoms with E-state index in [2.05, 4.69) is 25.6 Å². The summed E-state index contributed by atoms with van der Waals surface area (Å²) in [6.45, 7) is 6.15. The average molecular weight is 457 g/mol. The van der Waals surface area contributed by atoms with Crippen molar-refractivity contribution in [3.05, 3.63) is 28.7 Å².